The molecule has 5 nitrogen and oxygen atoms in total. The predicted molar refractivity (Wildman–Crippen MR) is 60.1 cm³/mol. The van der Waals surface area contributed by atoms with Crippen LogP contribution in [-0.4, -0.2) is 21.9 Å². The van der Waals surface area contributed by atoms with Crippen molar-refractivity contribution in [3.05, 3.63) is 40.9 Å². The third-order valence-electron chi connectivity index (χ3n) is 2.31. The lowest BCUT2D eigenvalue weighted by Crippen LogP contribution is -2.27. The Morgan fingerprint density at radius 3 is 2.88 bits per heavy atom. The van der Waals surface area contributed by atoms with Crippen LogP contribution in [0.1, 0.15) is 0 Å². The molecule has 0 aliphatic carbocycles. The Hall–Kier alpha value is -2.01. The Morgan fingerprint density at radius 2 is 2.12 bits per heavy atom. The zero-order valence-corrected chi connectivity index (χ0v) is 8.59. The van der Waals surface area contributed by atoms with Crippen LogP contribution in [0.2, 0.25) is 0 Å². The van der Waals surface area contributed by atoms with Gasteiger partial charge in [-0.05, 0) is 12.1 Å². The van der Waals surface area contributed by atoms with E-state index in [1.54, 1.807) is 18.2 Å². The van der Waals surface area contributed by atoms with Crippen molar-refractivity contribution < 1.29 is 4.79 Å². The zero-order chi connectivity index (χ0) is 11.5. The van der Waals surface area contributed by atoms with E-state index in [0.29, 0.717) is 10.9 Å². The summed E-state index contributed by atoms with van der Waals surface area (Å²) in [7, 11) is 0. The van der Waals surface area contributed by atoms with Gasteiger partial charge in [0.2, 0.25) is 0 Å². The number of Topliss-reactive ketones (excluding diaryl/α,β-unsaturated/α-hetero) is 1. The predicted octanol–water partition coefficient (Wildman–Crippen LogP) is -0.0757. The van der Waals surface area contributed by atoms with Gasteiger partial charge >= 0.3 is 0 Å². The molecular weight excluding hydrogens is 206 g/mol. The molecule has 1 aromatic carbocycles. The Morgan fingerprint density at radius 1 is 1.38 bits per heavy atom. The molecule has 0 fully saturated rings. The molecule has 2 N–H and O–H groups in total. The fourth-order valence-electron chi connectivity index (χ4n) is 1.47. The van der Waals surface area contributed by atoms with Crippen LogP contribution in [-0.2, 0) is 11.3 Å². The maximum absolute atomic E-state index is 11.9. The van der Waals surface area contributed by atoms with Crippen LogP contribution < -0.4 is 11.3 Å². The molecular formula is C11H11N3O2. The van der Waals surface area contributed by atoms with Gasteiger partial charge in [-0.1, -0.05) is 12.1 Å². The van der Waals surface area contributed by atoms with Crippen molar-refractivity contribution in [2.75, 3.05) is 6.54 Å². The molecule has 0 aliphatic heterocycles. The van der Waals surface area contributed by atoms with Crippen molar-refractivity contribution in [3.63, 3.8) is 0 Å². The number of nitrogens with zero attached hydrogens (tertiary/aromatic N) is 2. The first-order valence-electron chi connectivity index (χ1n) is 4.88. The summed E-state index contributed by atoms with van der Waals surface area (Å²) in [6.45, 7) is -0.0908. The Labute approximate surface area is 91.5 Å². The number of rotatable bonds is 3. The fourth-order valence-corrected chi connectivity index (χ4v) is 1.47. The number of nitrogens with two attached hydrogens (primary N) is 1. The van der Waals surface area contributed by atoms with Gasteiger partial charge in [-0.3, -0.25) is 14.2 Å². The zero-order valence-electron chi connectivity index (χ0n) is 8.59. The van der Waals surface area contributed by atoms with E-state index in [1.807, 2.05) is 6.07 Å². The van der Waals surface area contributed by atoms with E-state index in [-0.39, 0.29) is 24.4 Å². The van der Waals surface area contributed by atoms with Crippen LogP contribution in [0.25, 0.3) is 10.9 Å². The highest BCUT2D eigenvalue weighted by molar-refractivity contribution is 5.81. The molecule has 0 aliphatic rings. The lowest BCUT2D eigenvalue weighted by atomic mass is 10.2. The second kappa shape index (κ2) is 4.24. The Balaban J connectivity index is 2.53. The van der Waals surface area contributed by atoms with E-state index >= 15 is 0 Å². The number of carbonyl (C=O) groups excluding carboxylic acids is 1. The summed E-state index contributed by atoms with van der Waals surface area (Å²) in [6.07, 6.45) is 1.37. The Kier molecular flexibility index (Phi) is 2.78. The molecule has 5 heteroatoms. The van der Waals surface area contributed by atoms with Gasteiger partial charge in [0.25, 0.3) is 5.56 Å². The second-order valence-electron chi connectivity index (χ2n) is 3.44. The minimum absolute atomic E-state index is 0.0207. The summed E-state index contributed by atoms with van der Waals surface area (Å²) >= 11 is 0. The lowest BCUT2D eigenvalue weighted by molar-refractivity contribution is -0.118. The van der Waals surface area contributed by atoms with Gasteiger partial charge in [-0.25, -0.2) is 4.98 Å². The largest absolute Gasteiger partial charge is 0.324 e. The quantitative estimate of drug-likeness (QED) is 0.780. The summed E-state index contributed by atoms with van der Waals surface area (Å²) in [4.78, 5) is 27.2. The number of fused-ring (bicyclic) bond motifs is 1. The van der Waals surface area contributed by atoms with E-state index in [4.69, 9.17) is 5.73 Å². The summed E-state index contributed by atoms with van der Waals surface area (Å²) < 4.78 is 1.28. The Bertz CT molecular complexity index is 589. The molecule has 1 heterocycles. The van der Waals surface area contributed by atoms with E-state index in [9.17, 15) is 9.59 Å². The molecule has 0 atom stereocenters. The highest BCUT2D eigenvalue weighted by Crippen LogP contribution is 2.04. The maximum Gasteiger partial charge on any atom is 0.261 e. The molecule has 2 aromatic rings. The van der Waals surface area contributed by atoms with Gasteiger partial charge in [0.15, 0.2) is 5.78 Å². The lowest BCUT2D eigenvalue weighted by Gasteiger charge is -2.04. The van der Waals surface area contributed by atoms with Gasteiger partial charge in [0.1, 0.15) is 0 Å². The molecule has 0 spiro atoms. The number of benzene rings is 1. The molecule has 2 rings (SSSR count). The SMILES string of the molecule is NCC(=O)Cn1cnc2ccccc2c1=O. The highest BCUT2D eigenvalue weighted by Gasteiger charge is 2.05. The van der Waals surface area contributed by atoms with Crippen molar-refractivity contribution in [1.29, 1.82) is 0 Å². The number of aromatic nitrogens is 2. The first kappa shape index (κ1) is 10.5. The van der Waals surface area contributed by atoms with Gasteiger partial charge < -0.3 is 5.73 Å². The first-order chi connectivity index (χ1) is 7.72. The molecule has 0 bridgehead atoms. The van der Waals surface area contributed by atoms with E-state index in [1.165, 1.54) is 10.9 Å². The topological polar surface area (TPSA) is 78.0 Å². The third kappa shape index (κ3) is 1.85. The van der Waals surface area contributed by atoms with Crippen LogP contribution in [0, 0.1) is 0 Å². The third-order valence-corrected chi connectivity index (χ3v) is 2.31. The monoisotopic (exact) mass is 217 g/mol. The number of ketones is 1. The van der Waals surface area contributed by atoms with Gasteiger partial charge in [-0.15, -0.1) is 0 Å². The fraction of sp³-hybridized carbons (Fsp3) is 0.182. The molecule has 0 radical (unpaired) electrons. The number of hydrogen-bond donors (Lipinski definition) is 1. The molecule has 0 saturated carbocycles. The van der Waals surface area contributed by atoms with E-state index in [2.05, 4.69) is 4.98 Å². The van der Waals surface area contributed by atoms with Crippen molar-refractivity contribution in [2.45, 2.75) is 6.54 Å². The molecule has 0 unspecified atom stereocenters. The average molecular weight is 217 g/mol. The second-order valence-corrected chi connectivity index (χ2v) is 3.44. The van der Waals surface area contributed by atoms with Crippen molar-refractivity contribution in [1.82, 2.24) is 9.55 Å². The standard InChI is InChI=1S/C11H11N3O2/c12-5-8(15)6-14-7-13-10-4-2-1-3-9(10)11(14)16/h1-4,7H,5-6,12H2. The molecule has 16 heavy (non-hydrogen) atoms. The smallest absolute Gasteiger partial charge is 0.261 e. The van der Waals surface area contributed by atoms with Crippen LogP contribution in [0.5, 0.6) is 0 Å². The molecule has 0 amide bonds. The van der Waals surface area contributed by atoms with Gasteiger partial charge in [-0.2, -0.15) is 0 Å². The van der Waals surface area contributed by atoms with Crippen LogP contribution >= 0.6 is 0 Å². The minimum atomic E-state index is -0.215. The van der Waals surface area contributed by atoms with Crippen LogP contribution in [0.3, 0.4) is 0 Å². The molecule has 1 aromatic heterocycles. The molecule has 82 valence electrons. The normalized spacial score (nSPS) is 10.6. The van der Waals surface area contributed by atoms with Crippen molar-refractivity contribution >= 4 is 16.7 Å². The molecule has 0 saturated heterocycles. The number of hydrogen-bond acceptors (Lipinski definition) is 4. The summed E-state index contributed by atoms with van der Waals surface area (Å²) in [6, 6.07) is 7.02. The van der Waals surface area contributed by atoms with Crippen molar-refractivity contribution in [3.8, 4) is 0 Å². The summed E-state index contributed by atoms with van der Waals surface area (Å²) in [5.41, 5.74) is 5.61. The number of carbonyl (C=O) groups is 1. The van der Waals surface area contributed by atoms with Gasteiger partial charge in [0, 0.05) is 0 Å². The summed E-state index contributed by atoms with van der Waals surface area (Å²) in [5.74, 6) is -0.195. The summed E-state index contributed by atoms with van der Waals surface area (Å²) in [5, 5.41) is 0.509. The van der Waals surface area contributed by atoms with Gasteiger partial charge in [0.05, 0.1) is 30.3 Å². The van der Waals surface area contributed by atoms with Crippen LogP contribution in [0.15, 0.2) is 35.4 Å². The highest BCUT2D eigenvalue weighted by atomic mass is 16.1. The van der Waals surface area contributed by atoms with E-state index in [0.717, 1.165) is 0 Å². The van der Waals surface area contributed by atoms with Crippen molar-refractivity contribution in [2.24, 2.45) is 5.73 Å². The number of para-hydroxylation sites is 1. The first-order valence-corrected chi connectivity index (χ1v) is 4.88. The maximum atomic E-state index is 11.9. The average Bonchev–Trinajstić information content (AvgIpc) is 2.33. The van der Waals surface area contributed by atoms with E-state index < -0.39 is 0 Å². The van der Waals surface area contributed by atoms with Crippen LogP contribution in [0.4, 0.5) is 0 Å². The minimum Gasteiger partial charge on any atom is -0.324 e.